The van der Waals surface area contributed by atoms with Gasteiger partial charge in [-0.1, -0.05) is 41.4 Å². The number of nitrogens with one attached hydrogen (secondary N) is 1. The van der Waals surface area contributed by atoms with Gasteiger partial charge in [0.2, 0.25) is 5.95 Å². The largest absolute Gasteiger partial charge is 0.490 e. The first-order valence-corrected chi connectivity index (χ1v) is 13.3. The van der Waals surface area contributed by atoms with E-state index in [9.17, 15) is 4.79 Å². The average molecular weight is 564 g/mol. The third-order valence-electron chi connectivity index (χ3n) is 6.05. The van der Waals surface area contributed by atoms with Gasteiger partial charge < -0.3 is 19.4 Å². The van der Waals surface area contributed by atoms with Crippen molar-refractivity contribution in [3.8, 4) is 17.4 Å². The first kappa shape index (κ1) is 26.6. The minimum Gasteiger partial charge on any atom is -0.490 e. The van der Waals surface area contributed by atoms with Crippen molar-refractivity contribution in [1.29, 1.82) is 0 Å². The van der Waals surface area contributed by atoms with Crippen LogP contribution in [0.5, 0.6) is 11.5 Å². The Morgan fingerprint density at radius 1 is 0.949 bits per heavy atom. The first-order valence-electron chi connectivity index (χ1n) is 12.5. The summed E-state index contributed by atoms with van der Waals surface area (Å²) in [5.41, 5.74) is 3.70. The standard InChI is InChI=1S/C29H27Cl2N5O3/c1-4-38-25-13-11-19(15-26(25)39-5-2)28(37)33-27-14-18(3)34-36(27)29-32-23-8-6-7-9-24(23)35(29)17-20-10-12-21(30)16-22(20)31/h6-16H,4-5,17H2,1-3H3,(H,33,37). The Hall–Kier alpha value is -4.01. The van der Waals surface area contributed by atoms with Gasteiger partial charge in [-0.15, -0.1) is 0 Å². The van der Waals surface area contributed by atoms with Gasteiger partial charge in [-0.3, -0.25) is 4.79 Å². The number of para-hydroxylation sites is 2. The van der Waals surface area contributed by atoms with Crippen molar-refractivity contribution in [3.05, 3.63) is 93.6 Å². The molecule has 5 aromatic rings. The molecule has 0 spiro atoms. The molecule has 5 rings (SSSR count). The van der Waals surface area contributed by atoms with E-state index in [0.29, 0.717) is 58.6 Å². The molecular formula is C29H27Cl2N5O3. The number of fused-ring (bicyclic) bond motifs is 1. The van der Waals surface area contributed by atoms with Crippen LogP contribution in [-0.2, 0) is 6.54 Å². The molecule has 0 saturated heterocycles. The summed E-state index contributed by atoms with van der Waals surface area (Å²) in [4.78, 5) is 18.2. The molecule has 0 aliphatic heterocycles. The van der Waals surface area contributed by atoms with Crippen LogP contribution in [0.1, 0.15) is 35.5 Å². The number of carbonyl (C=O) groups excluding carboxylic acids is 1. The van der Waals surface area contributed by atoms with E-state index in [-0.39, 0.29) is 5.91 Å². The molecule has 0 radical (unpaired) electrons. The van der Waals surface area contributed by atoms with Crippen molar-refractivity contribution < 1.29 is 14.3 Å². The van der Waals surface area contributed by atoms with Gasteiger partial charge in [0, 0.05) is 21.7 Å². The van der Waals surface area contributed by atoms with E-state index in [1.807, 2.05) is 55.7 Å². The highest BCUT2D eigenvalue weighted by molar-refractivity contribution is 6.35. The second-order valence-electron chi connectivity index (χ2n) is 8.79. The summed E-state index contributed by atoms with van der Waals surface area (Å²) < 4.78 is 15.0. The van der Waals surface area contributed by atoms with Crippen LogP contribution in [-0.4, -0.2) is 38.5 Å². The zero-order chi connectivity index (χ0) is 27.5. The average Bonchev–Trinajstić information content (AvgIpc) is 3.46. The molecule has 0 bridgehead atoms. The van der Waals surface area contributed by atoms with Gasteiger partial charge in [-0.05, 0) is 68.8 Å². The summed E-state index contributed by atoms with van der Waals surface area (Å²) in [6, 6.07) is 20.1. The lowest BCUT2D eigenvalue weighted by Crippen LogP contribution is -2.17. The predicted molar refractivity (Wildman–Crippen MR) is 154 cm³/mol. The summed E-state index contributed by atoms with van der Waals surface area (Å²) in [6.45, 7) is 7.01. The third kappa shape index (κ3) is 5.57. The van der Waals surface area contributed by atoms with Gasteiger partial charge >= 0.3 is 0 Å². The topological polar surface area (TPSA) is 83.2 Å². The molecule has 0 aliphatic carbocycles. The number of carbonyl (C=O) groups is 1. The SMILES string of the molecule is CCOc1ccc(C(=O)Nc2cc(C)nn2-c2nc3ccccc3n2Cc2ccc(Cl)cc2Cl)cc1OCC. The zero-order valence-corrected chi connectivity index (χ0v) is 23.3. The van der Waals surface area contributed by atoms with Crippen LogP contribution < -0.4 is 14.8 Å². The Morgan fingerprint density at radius 3 is 2.49 bits per heavy atom. The van der Waals surface area contributed by atoms with Gasteiger partial charge in [0.15, 0.2) is 11.5 Å². The quantitative estimate of drug-likeness (QED) is 0.210. The van der Waals surface area contributed by atoms with Crippen LogP contribution in [0.3, 0.4) is 0 Å². The Morgan fingerprint density at radius 2 is 1.72 bits per heavy atom. The minimum atomic E-state index is -0.316. The van der Waals surface area contributed by atoms with Gasteiger partial charge in [0.25, 0.3) is 5.91 Å². The van der Waals surface area contributed by atoms with Crippen LogP contribution in [0, 0.1) is 6.92 Å². The summed E-state index contributed by atoms with van der Waals surface area (Å²) in [7, 11) is 0. The fourth-order valence-corrected chi connectivity index (χ4v) is 4.79. The molecule has 2 heterocycles. The maximum atomic E-state index is 13.4. The first-order chi connectivity index (χ1) is 18.9. The highest BCUT2D eigenvalue weighted by Crippen LogP contribution is 2.30. The molecule has 0 saturated carbocycles. The van der Waals surface area contributed by atoms with Crippen LogP contribution in [0.2, 0.25) is 10.0 Å². The molecule has 39 heavy (non-hydrogen) atoms. The molecule has 0 unspecified atom stereocenters. The molecule has 2 aromatic heterocycles. The molecule has 10 heteroatoms. The summed E-state index contributed by atoms with van der Waals surface area (Å²) in [6.07, 6.45) is 0. The maximum absolute atomic E-state index is 13.4. The van der Waals surface area contributed by atoms with E-state index >= 15 is 0 Å². The number of aromatic nitrogens is 4. The van der Waals surface area contributed by atoms with Crippen LogP contribution >= 0.6 is 23.2 Å². The second-order valence-corrected chi connectivity index (χ2v) is 9.63. The number of benzene rings is 3. The smallest absolute Gasteiger partial charge is 0.256 e. The summed E-state index contributed by atoms with van der Waals surface area (Å²) in [5, 5.41) is 8.77. The fraction of sp³-hybridized carbons (Fsp3) is 0.207. The van der Waals surface area contributed by atoms with Gasteiger partial charge in [-0.25, -0.2) is 4.98 Å². The lowest BCUT2D eigenvalue weighted by molar-refractivity contribution is 0.102. The molecule has 200 valence electrons. The van der Waals surface area contributed by atoms with Crippen molar-refractivity contribution in [2.75, 3.05) is 18.5 Å². The zero-order valence-electron chi connectivity index (χ0n) is 21.7. The fourth-order valence-electron chi connectivity index (χ4n) is 4.32. The van der Waals surface area contributed by atoms with Crippen LogP contribution in [0.15, 0.2) is 66.7 Å². The van der Waals surface area contributed by atoms with E-state index in [2.05, 4.69) is 10.4 Å². The number of nitrogens with zero attached hydrogens (tertiary/aromatic N) is 4. The normalized spacial score (nSPS) is 11.1. The number of imidazole rings is 1. The van der Waals surface area contributed by atoms with Gasteiger partial charge in [0.05, 0.1) is 36.5 Å². The number of anilines is 1. The number of halogens is 2. The number of ether oxygens (including phenoxy) is 2. The number of hydrogen-bond acceptors (Lipinski definition) is 5. The molecular weight excluding hydrogens is 537 g/mol. The van der Waals surface area contributed by atoms with Crippen LogP contribution in [0.4, 0.5) is 5.82 Å². The highest BCUT2D eigenvalue weighted by Gasteiger charge is 2.20. The lowest BCUT2D eigenvalue weighted by Gasteiger charge is -2.14. The number of amides is 1. The summed E-state index contributed by atoms with van der Waals surface area (Å²) in [5.74, 6) is 1.80. The van der Waals surface area contributed by atoms with Crippen molar-refractivity contribution in [3.63, 3.8) is 0 Å². The van der Waals surface area contributed by atoms with Crippen molar-refractivity contribution >= 4 is 46.0 Å². The van der Waals surface area contributed by atoms with E-state index in [0.717, 1.165) is 22.3 Å². The van der Waals surface area contributed by atoms with Gasteiger partial charge in [-0.2, -0.15) is 9.78 Å². The summed E-state index contributed by atoms with van der Waals surface area (Å²) >= 11 is 12.6. The van der Waals surface area contributed by atoms with Crippen LogP contribution in [0.25, 0.3) is 17.0 Å². The second kappa shape index (κ2) is 11.4. The van der Waals surface area contributed by atoms with E-state index < -0.39 is 0 Å². The molecule has 0 aliphatic rings. The molecule has 1 N–H and O–H groups in total. The lowest BCUT2D eigenvalue weighted by atomic mass is 10.2. The highest BCUT2D eigenvalue weighted by atomic mass is 35.5. The number of rotatable bonds is 9. The minimum absolute atomic E-state index is 0.316. The molecule has 8 nitrogen and oxygen atoms in total. The van der Waals surface area contributed by atoms with E-state index in [1.54, 1.807) is 41.1 Å². The molecule has 1 amide bonds. The van der Waals surface area contributed by atoms with E-state index in [1.165, 1.54) is 0 Å². The Labute approximate surface area is 236 Å². The van der Waals surface area contributed by atoms with Crippen molar-refractivity contribution in [1.82, 2.24) is 19.3 Å². The predicted octanol–water partition coefficient (Wildman–Crippen LogP) is 6.94. The third-order valence-corrected chi connectivity index (χ3v) is 6.63. The molecule has 0 atom stereocenters. The number of aryl methyl sites for hydroxylation is 1. The Balaban J connectivity index is 1.53. The Kier molecular flexibility index (Phi) is 7.77. The van der Waals surface area contributed by atoms with Crippen molar-refractivity contribution in [2.24, 2.45) is 0 Å². The Bertz CT molecular complexity index is 1660. The van der Waals surface area contributed by atoms with Gasteiger partial charge in [0.1, 0.15) is 5.82 Å². The monoisotopic (exact) mass is 563 g/mol. The molecule has 3 aromatic carbocycles. The maximum Gasteiger partial charge on any atom is 0.256 e. The van der Waals surface area contributed by atoms with Crippen molar-refractivity contribution in [2.45, 2.75) is 27.3 Å². The number of hydrogen-bond donors (Lipinski definition) is 1. The van der Waals surface area contributed by atoms with E-state index in [4.69, 9.17) is 37.7 Å². The molecule has 0 fully saturated rings.